The molecular weight excluding hydrogens is 233 g/mol. The van der Waals surface area contributed by atoms with Crippen LogP contribution in [0.1, 0.15) is 42.5 Å². The predicted octanol–water partition coefficient (Wildman–Crippen LogP) is 2.94. The maximum atomic E-state index is 13.5. The van der Waals surface area contributed by atoms with E-state index in [1.165, 1.54) is 0 Å². The van der Waals surface area contributed by atoms with Gasteiger partial charge in [0.2, 0.25) is 0 Å². The number of nitrogens with two attached hydrogens (primary N) is 1. The molecule has 4 heteroatoms. The van der Waals surface area contributed by atoms with Crippen LogP contribution in [0.25, 0.3) is 0 Å². The molecular formula is C14H20FNO2. The molecule has 0 heterocycles. The highest BCUT2D eigenvalue weighted by atomic mass is 19.1. The van der Waals surface area contributed by atoms with E-state index in [1.54, 1.807) is 26.0 Å². The molecule has 1 aromatic carbocycles. The van der Waals surface area contributed by atoms with Crippen LogP contribution in [0, 0.1) is 25.6 Å². The summed E-state index contributed by atoms with van der Waals surface area (Å²) in [5, 5.41) is 8.70. The summed E-state index contributed by atoms with van der Waals surface area (Å²) in [6, 6.07) is 3.22. The number of hydrogen-bond donors (Lipinski definition) is 2. The van der Waals surface area contributed by atoms with Gasteiger partial charge in [-0.25, -0.2) is 4.39 Å². The lowest BCUT2D eigenvalue weighted by Gasteiger charge is -2.17. The van der Waals surface area contributed by atoms with Crippen LogP contribution in [0.2, 0.25) is 0 Å². The van der Waals surface area contributed by atoms with Gasteiger partial charge in [0.05, 0.1) is 0 Å². The van der Waals surface area contributed by atoms with Crippen molar-refractivity contribution in [2.24, 2.45) is 11.7 Å². The molecule has 2 atom stereocenters. The summed E-state index contributed by atoms with van der Waals surface area (Å²) in [6.07, 6.45) is 0.684. The summed E-state index contributed by atoms with van der Waals surface area (Å²) in [5.74, 6) is -1.02. The number of halogens is 1. The lowest BCUT2D eigenvalue weighted by molar-refractivity contribution is -0.138. The summed E-state index contributed by atoms with van der Waals surface area (Å²) >= 11 is 0. The Hall–Kier alpha value is -1.42. The fourth-order valence-electron chi connectivity index (χ4n) is 2.14. The Bertz CT molecular complexity index is 422. The predicted molar refractivity (Wildman–Crippen MR) is 68.8 cm³/mol. The lowest BCUT2D eigenvalue weighted by Crippen LogP contribution is -2.16. The van der Waals surface area contributed by atoms with Crippen LogP contribution in [-0.2, 0) is 4.79 Å². The first-order valence-electron chi connectivity index (χ1n) is 6.05. The third-order valence-corrected chi connectivity index (χ3v) is 3.07. The van der Waals surface area contributed by atoms with Gasteiger partial charge in [-0.05, 0) is 42.9 Å². The Morgan fingerprint density at radius 3 is 2.33 bits per heavy atom. The van der Waals surface area contributed by atoms with Crippen molar-refractivity contribution < 1.29 is 14.3 Å². The minimum atomic E-state index is -0.818. The Kier molecular flexibility index (Phi) is 4.84. The summed E-state index contributed by atoms with van der Waals surface area (Å²) in [5.41, 5.74) is 8.06. The third kappa shape index (κ3) is 3.81. The number of benzene rings is 1. The topological polar surface area (TPSA) is 63.3 Å². The summed E-state index contributed by atoms with van der Waals surface area (Å²) < 4.78 is 13.5. The van der Waals surface area contributed by atoms with E-state index in [-0.39, 0.29) is 24.2 Å². The molecule has 0 aromatic heterocycles. The van der Waals surface area contributed by atoms with Crippen LogP contribution in [0.3, 0.4) is 0 Å². The van der Waals surface area contributed by atoms with Gasteiger partial charge in [-0.1, -0.05) is 19.1 Å². The quantitative estimate of drug-likeness (QED) is 0.848. The fraction of sp³-hybridized carbons (Fsp3) is 0.500. The zero-order valence-corrected chi connectivity index (χ0v) is 11.0. The molecule has 0 bridgehead atoms. The Morgan fingerprint density at radius 2 is 1.89 bits per heavy atom. The van der Waals surface area contributed by atoms with Crippen LogP contribution in [-0.4, -0.2) is 11.1 Å². The molecule has 0 aliphatic heterocycles. The highest BCUT2D eigenvalue weighted by Gasteiger charge is 2.15. The molecule has 0 aliphatic carbocycles. The average molecular weight is 253 g/mol. The van der Waals surface area contributed by atoms with Crippen LogP contribution < -0.4 is 5.73 Å². The van der Waals surface area contributed by atoms with Crippen molar-refractivity contribution in [2.45, 2.75) is 39.7 Å². The van der Waals surface area contributed by atoms with Gasteiger partial charge in [0.25, 0.3) is 0 Å². The molecule has 100 valence electrons. The lowest BCUT2D eigenvalue weighted by atomic mass is 9.92. The summed E-state index contributed by atoms with van der Waals surface area (Å²) in [7, 11) is 0. The van der Waals surface area contributed by atoms with Crippen LogP contribution in [0.15, 0.2) is 12.1 Å². The normalized spacial score (nSPS) is 14.3. The molecule has 0 radical (unpaired) electrons. The first kappa shape index (κ1) is 14.6. The zero-order chi connectivity index (χ0) is 13.9. The van der Waals surface area contributed by atoms with E-state index in [1.807, 2.05) is 6.92 Å². The maximum Gasteiger partial charge on any atom is 0.303 e. The minimum Gasteiger partial charge on any atom is -0.481 e. The molecule has 3 N–H and O–H groups in total. The number of carboxylic acids is 1. The summed E-state index contributed by atoms with van der Waals surface area (Å²) in [4.78, 5) is 10.6. The minimum absolute atomic E-state index is 0.00293. The van der Waals surface area contributed by atoms with Crippen molar-refractivity contribution in [2.75, 3.05) is 0 Å². The van der Waals surface area contributed by atoms with Crippen molar-refractivity contribution in [3.63, 3.8) is 0 Å². The number of hydrogen-bond acceptors (Lipinski definition) is 2. The number of aliphatic carboxylic acids is 1. The van der Waals surface area contributed by atoms with Gasteiger partial charge in [-0.2, -0.15) is 0 Å². The first-order valence-corrected chi connectivity index (χ1v) is 6.05. The van der Waals surface area contributed by atoms with E-state index >= 15 is 0 Å². The third-order valence-electron chi connectivity index (χ3n) is 3.07. The zero-order valence-electron chi connectivity index (χ0n) is 11.0. The van der Waals surface area contributed by atoms with Crippen LogP contribution in [0.4, 0.5) is 4.39 Å². The van der Waals surface area contributed by atoms with Gasteiger partial charge in [-0.15, -0.1) is 0 Å². The van der Waals surface area contributed by atoms with E-state index in [2.05, 4.69) is 0 Å². The van der Waals surface area contributed by atoms with Gasteiger partial charge in [0.15, 0.2) is 0 Å². The van der Waals surface area contributed by atoms with Gasteiger partial charge in [-0.3, -0.25) is 4.79 Å². The molecule has 2 unspecified atom stereocenters. The second-order valence-corrected chi connectivity index (χ2v) is 5.01. The fourth-order valence-corrected chi connectivity index (χ4v) is 2.14. The van der Waals surface area contributed by atoms with Crippen molar-refractivity contribution in [3.8, 4) is 0 Å². The Morgan fingerprint density at radius 1 is 1.39 bits per heavy atom. The highest BCUT2D eigenvalue weighted by molar-refractivity contribution is 5.66. The molecule has 3 nitrogen and oxygen atoms in total. The molecule has 1 rings (SSSR count). The van der Waals surface area contributed by atoms with Gasteiger partial charge < -0.3 is 10.8 Å². The van der Waals surface area contributed by atoms with Gasteiger partial charge >= 0.3 is 5.97 Å². The van der Waals surface area contributed by atoms with Crippen molar-refractivity contribution in [1.82, 2.24) is 0 Å². The van der Waals surface area contributed by atoms with Crippen LogP contribution in [0.5, 0.6) is 0 Å². The van der Waals surface area contributed by atoms with Crippen molar-refractivity contribution in [3.05, 3.63) is 34.6 Å². The van der Waals surface area contributed by atoms with Gasteiger partial charge in [0, 0.05) is 12.5 Å². The molecule has 18 heavy (non-hydrogen) atoms. The largest absolute Gasteiger partial charge is 0.481 e. The molecule has 0 amide bonds. The Balaban J connectivity index is 2.78. The molecule has 0 saturated heterocycles. The monoisotopic (exact) mass is 253 g/mol. The van der Waals surface area contributed by atoms with E-state index in [4.69, 9.17) is 10.8 Å². The van der Waals surface area contributed by atoms with E-state index < -0.39 is 5.97 Å². The summed E-state index contributed by atoms with van der Waals surface area (Å²) in [6.45, 7) is 5.27. The number of carboxylic acid groups (broad SMARTS) is 1. The van der Waals surface area contributed by atoms with E-state index in [9.17, 15) is 9.18 Å². The molecule has 0 fully saturated rings. The molecule has 0 spiro atoms. The average Bonchev–Trinajstić information content (AvgIpc) is 2.23. The molecule has 0 saturated carbocycles. The standard InChI is InChI=1S/C14H20FNO2/c1-8(5-13(17)18)4-12(16)11-6-9(2)14(15)10(3)7-11/h6-8,12H,4-5,16H2,1-3H3,(H,17,18). The highest BCUT2D eigenvalue weighted by Crippen LogP contribution is 2.24. The SMILES string of the molecule is Cc1cc(C(N)CC(C)CC(=O)O)cc(C)c1F. The van der Waals surface area contributed by atoms with Crippen LogP contribution >= 0.6 is 0 Å². The first-order chi connectivity index (χ1) is 8.31. The molecule has 0 aliphatic rings. The Labute approximate surface area is 107 Å². The number of rotatable bonds is 5. The van der Waals surface area contributed by atoms with Gasteiger partial charge in [0.1, 0.15) is 5.82 Å². The second-order valence-electron chi connectivity index (χ2n) is 5.01. The second kappa shape index (κ2) is 5.96. The van der Waals surface area contributed by atoms with E-state index in [0.717, 1.165) is 5.56 Å². The number of carbonyl (C=O) groups is 1. The van der Waals surface area contributed by atoms with Crippen molar-refractivity contribution in [1.29, 1.82) is 0 Å². The van der Waals surface area contributed by atoms with E-state index in [0.29, 0.717) is 17.5 Å². The molecule has 1 aromatic rings. The van der Waals surface area contributed by atoms with Crippen molar-refractivity contribution >= 4 is 5.97 Å². The smallest absolute Gasteiger partial charge is 0.303 e. The number of aryl methyl sites for hydroxylation is 2. The maximum absolute atomic E-state index is 13.5.